The van der Waals surface area contributed by atoms with E-state index in [0.29, 0.717) is 0 Å². The largest absolute Gasteiger partial charge is 0.497 e. The molecule has 0 atom stereocenters. The maximum absolute atomic E-state index is 5.86. The molecule has 0 amide bonds. The maximum Gasteiger partial charge on any atom is 0.120 e. The van der Waals surface area contributed by atoms with E-state index in [1.165, 1.54) is 0 Å². The van der Waals surface area contributed by atoms with E-state index in [1.807, 2.05) is 24.3 Å². The van der Waals surface area contributed by atoms with Gasteiger partial charge in [0.2, 0.25) is 0 Å². The minimum atomic E-state index is 0.819. The van der Waals surface area contributed by atoms with Crippen LogP contribution in [0.1, 0.15) is 12.8 Å². The highest BCUT2D eigenvalue weighted by Crippen LogP contribution is 2.29. The van der Waals surface area contributed by atoms with Crippen LogP contribution in [0.3, 0.4) is 0 Å². The molecule has 2 nitrogen and oxygen atoms in total. The number of hydrogen-bond donors (Lipinski definition) is 1. The molecule has 0 aliphatic rings. The van der Waals surface area contributed by atoms with Gasteiger partial charge in [0, 0.05) is 10.6 Å². The summed E-state index contributed by atoms with van der Waals surface area (Å²) >= 11 is 1.76. The number of unbranched alkanes of at least 4 members (excludes halogenated alkanes) is 1. The number of anilines is 1. The van der Waals surface area contributed by atoms with Crippen molar-refractivity contribution < 1.29 is 4.74 Å². The molecular formula is C12H17NOS. The van der Waals surface area contributed by atoms with Crippen molar-refractivity contribution in [3.05, 3.63) is 30.9 Å². The quantitative estimate of drug-likeness (QED) is 0.348. The van der Waals surface area contributed by atoms with Gasteiger partial charge in [-0.05, 0) is 36.8 Å². The SMILES string of the molecule is C=CCCCSc1cc(OC)ccc1N. The summed E-state index contributed by atoms with van der Waals surface area (Å²) in [6.07, 6.45) is 4.12. The Balaban J connectivity index is 2.54. The Hall–Kier alpha value is -1.09. The topological polar surface area (TPSA) is 35.2 Å². The first-order valence-electron chi connectivity index (χ1n) is 4.95. The monoisotopic (exact) mass is 223 g/mol. The van der Waals surface area contributed by atoms with Gasteiger partial charge < -0.3 is 10.5 Å². The molecule has 0 aliphatic heterocycles. The fourth-order valence-electron chi connectivity index (χ4n) is 1.18. The Morgan fingerprint density at radius 1 is 1.53 bits per heavy atom. The van der Waals surface area contributed by atoms with E-state index in [1.54, 1.807) is 18.9 Å². The zero-order valence-corrected chi connectivity index (χ0v) is 9.85. The van der Waals surface area contributed by atoms with E-state index < -0.39 is 0 Å². The third kappa shape index (κ3) is 3.88. The van der Waals surface area contributed by atoms with E-state index in [2.05, 4.69) is 6.58 Å². The minimum Gasteiger partial charge on any atom is -0.497 e. The van der Waals surface area contributed by atoms with Gasteiger partial charge in [-0.15, -0.1) is 18.3 Å². The van der Waals surface area contributed by atoms with E-state index in [0.717, 1.165) is 34.9 Å². The molecule has 15 heavy (non-hydrogen) atoms. The first-order chi connectivity index (χ1) is 7.27. The van der Waals surface area contributed by atoms with E-state index in [-0.39, 0.29) is 0 Å². The summed E-state index contributed by atoms with van der Waals surface area (Å²) in [5, 5.41) is 0. The van der Waals surface area contributed by atoms with Crippen LogP contribution in [0.15, 0.2) is 35.7 Å². The lowest BCUT2D eigenvalue weighted by Gasteiger charge is -2.07. The number of rotatable bonds is 6. The summed E-state index contributed by atoms with van der Waals surface area (Å²) in [5.74, 6) is 1.92. The Labute approximate surface area is 95.5 Å². The van der Waals surface area contributed by atoms with Crippen LogP contribution in [0, 0.1) is 0 Å². The first-order valence-corrected chi connectivity index (χ1v) is 5.93. The molecule has 3 heteroatoms. The van der Waals surface area contributed by atoms with Crippen molar-refractivity contribution in [1.29, 1.82) is 0 Å². The van der Waals surface area contributed by atoms with Crippen LogP contribution >= 0.6 is 11.8 Å². The van der Waals surface area contributed by atoms with Gasteiger partial charge >= 0.3 is 0 Å². The van der Waals surface area contributed by atoms with Gasteiger partial charge in [-0.2, -0.15) is 0 Å². The molecule has 2 N–H and O–H groups in total. The molecule has 0 heterocycles. The molecule has 0 fully saturated rings. The fraction of sp³-hybridized carbons (Fsp3) is 0.333. The van der Waals surface area contributed by atoms with E-state index in [4.69, 9.17) is 10.5 Å². The van der Waals surface area contributed by atoms with Crippen molar-refractivity contribution in [3.8, 4) is 5.75 Å². The molecule has 82 valence electrons. The molecule has 1 aromatic rings. The predicted molar refractivity (Wildman–Crippen MR) is 67.6 cm³/mol. The molecule has 1 aromatic carbocycles. The lowest BCUT2D eigenvalue weighted by Crippen LogP contribution is -1.91. The first kappa shape index (κ1) is 12.0. The number of ether oxygens (including phenoxy) is 1. The van der Waals surface area contributed by atoms with Crippen molar-refractivity contribution in [2.45, 2.75) is 17.7 Å². The number of methoxy groups -OCH3 is 1. The second kappa shape index (κ2) is 6.40. The Kier molecular flexibility index (Phi) is 5.12. The Bertz CT molecular complexity index is 325. The lowest BCUT2D eigenvalue weighted by molar-refractivity contribution is 0.414. The lowest BCUT2D eigenvalue weighted by atomic mass is 10.3. The zero-order chi connectivity index (χ0) is 11.1. The van der Waals surface area contributed by atoms with Crippen molar-refractivity contribution in [2.75, 3.05) is 18.6 Å². The highest BCUT2D eigenvalue weighted by atomic mass is 32.2. The molecule has 0 spiro atoms. The summed E-state index contributed by atoms with van der Waals surface area (Å²) in [6.45, 7) is 3.70. The van der Waals surface area contributed by atoms with Crippen LogP contribution in [0.2, 0.25) is 0 Å². The fourth-order valence-corrected chi connectivity index (χ4v) is 2.14. The van der Waals surface area contributed by atoms with Crippen molar-refractivity contribution >= 4 is 17.4 Å². The molecule has 0 aliphatic carbocycles. The van der Waals surface area contributed by atoms with Gasteiger partial charge in [-0.1, -0.05) is 6.08 Å². The van der Waals surface area contributed by atoms with Gasteiger partial charge in [0.15, 0.2) is 0 Å². The van der Waals surface area contributed by atoms with Gasteiger partial charge in [0.1, 0.15) is 5.75 Å². The maximum atomic E-state index is 5.86. The van der Waals surface area contributed by atoms with E-state index in [9.17, 15) is 0 Å². The number of allylic oxidation sites excluding steroid dienone is 1. The second-order valence-electron chi connectivity index (χ2n) is 3.18. The van der Waals surface area contributed by atoms with Crippen LogP contribution in [-0.2, 0) is 0 Å². The molecule has 0 saturated heterocycles. The van der Waals surface area contributed by atoms with Gasteiger partial charge in [0.25, 0.3) is 0 Å². The van der Waals surface area contributed by atoms with Gasteiger partial charge in [0.05, 0.1) is 7.11 Å². The minimum absolute atomic E-state index is 0.819. The zero-order valence-electron chi connectivity index (χ0n) is 9.03. The third-order valence-corrected chi connectivity index (χ3v) is 3.19. The second-order valence-corrected chi connectivity index (χ2v) is 4.32. The van der Waals surface area contributed by atoms with Crippen LogP contribution in [0.4, 0.5) is 5.69 Å². The molecule has 0 unspecified atom stereocenters. The van der Waals surface area contributed by atoms with Crippen LogP contribution in [-0.4, -0.2) is 12.9 Å². The Morgan fingerprint density at radius 2 is 2.33 bits per heavy atom. The average molecular weight is 223 g/mol. The molecule has 0 saturated carbocycles. The molecule has 0 radical (unpaired) electrons. The normalized spacial score (nSPS) is 9.93. The third-order valence-electron chi connectivity index (χ3n) is 2.03. The predicted octanol–water partition coefficient (Wildman–Crippen LogP) is 3.34. The smallest absolute Gasteiger partial charge is 0.120 e. The van der Waals surface area contributed by atoms with Crippen LogP contribution < -0.4 is 10.5 Å². The van der Waals surface area contributed by atoms with Crippen LogP contribution in [0.25, 0.3) is 0 Å². The standard InChI is InChI=1S/C12H17NOS/c1-3-4-5-8-15-12-9-10(14-2)6-7-11(12)13/h3,6-7,9H,1,4-5,8,13H2,2H3. The number of hydrogen-bond acceptors (Lipinski definition) is 3. The highest BCUT2D eigenvalue weighted by Gasteiger charge is 2.01. The summed E-state index contributed by atoms with van der Waals surface area (Å²) in [7, 11) is 1.66. The molecule has 0 aromatic heterocycles. The summed E-state index contributed by atoms with van der Waals surface area (Å²) in [5.41, 5.74) is 6.68. The van der Waals surface area contributed by atoms with Gasteiger partial charge in [-0.25, -0.2) is 0 Å². The summed E-state index contributed by atoms with van der Waals surface area (Å²) in [6, 6.07) is 5.74. The van der Waals surface area contributed by atoms with Gasteiger partial charge in [-0.3, -0.25) is 0 Å². The number of benzene rings is 1. The van der Waals surface area contributed by atoms with Crippen molar-refractivity contribution in [3.63, 3.8) is 0 Å². The summed E-state index contributed by atoms with van der Waals surface area (Å²) in [4.78, 5) is 1.10. The summed E-state index contributed by atoms with van der Waals surface area (Å²) < 4.78 is 5.15. The number of nitrogen functional groups attached to an aromatic ring is 1. The molecular weight excluding hydrogens is 206 g/mol. The molecule has 0 bridgehead atoms. The van der Waals surface area contributed by atoms with Crippen molar-refractivity contribution in [1.82, 2.24) is 0 Å². The Morgan fingerprint density at radius 3 is 3.00 bits per heavy atom. The van der Waals surface area contributed by atoms with E-state index >= 15 is 0 Å². The van der Waals surface area contributed by atoms with Crippen molar-refractivity contribution in [2.24, 2.45) is 0 Å². The molecule has 1 rings (SSSR count). The highest BCUT2D eigenvalue weighted by molar-refractivity contribution is 7.99. The van der Waals surface area contributed by atoms with Crippen LogP contribution in [0.5, 0.6) is 5.75 Å². The average Bonchev–Trinajstić information content (AvgIpc) is 2.26. The number of nitrogens with two attached hydrogens (primary N) is 1. The number of thioether (sulfide) groups is 1.